The molecule has 1 aromatic heterocycles. The van der Waals surface area contributed by atoms with E-state index in [4.69, 9.17) is 10.2 Å². The lowest BCUT2D eigenvalue weighted by atomic mass is 10.2. The van der Waals surface area contributed by atoms with Crippen LogP contribution in [0.1, 0.15) is 10.4 Å². The molecular formula is C12H17NO3S. The van der Waals surface area contributed by atoms with Crippen LogP contribution in [0.4, 0.5) is 0 Å². The summed E-state index contributed by atoms with van der Waals surface area (Å²) in [5.41, 5.74) is 1.13. The molecule has 0 aliphatic heterocycles. The van der Waals surface area contributed by atoms with Crippen LogP contribution < -0.4 is 0 Å². The van der Waals surface area contributed by atoms with Crippen molar-refractivity contribution in [2.75, 3.05) is 26.3 Å². The summed E-state index contributed by atoms with van der Waals surface area (Å²) in [4.78, 5) is 14.2. The highest BCUT2D eigenvalue weighted by atomic mass is 32.1. The minimum Gasteiger partial charge on any atom is -0.395 e. The molecule has 94 valence electrons. The average Bonchev–Trinajstić information content (AvgIpc) is 2.71. The summed E-state index contributed by atoms with van der Waals surface area (Å²) < 4.78 is 0. The van der Waals surface area contributed by atoms with E-state index in [2.05, 4.69) is 0 Å². The van der Waals surface area contributed by atoms with Gasteiger partial charge in [-0.1, -0.05) is 0 Å². The first kappa shape index (κ1) is 13.9. The average molecular weight is 255 g/mol. The quantitative estimate of drug-likeness (QED) is 0.742. The van der Waals surface area contributed by atoms with Gasteiger partial charge in [-0.05, 0) is 30.0 Å². The molecular weight excluding hydrogens is 238 g/mol. The Morgan fingerprint density at radius 3 is 2.53 bits per heavy atom. The molecule has 0 atom stereocenters. The predicted molar refractivity (Wildman–Crippen MR) is 68.8 cm³/mol. The monoisotopic (exact) mass is 255 g/mol. The topological polar surface area (TPSA) is 60.8 Å². The molecule has 1 amide bonds. The van der Waals surface area contributed by atoms with Gasteiger partial charge in [0.1, 0.15) is 0 Å². The van der Waals surface area contributed by atoms with Gasteiger partial charge < -0.3 is 15.1 Å². The summed E-state index contributed by atoms with van der Waals surface area (Å²) in [5, 5.41) is 19.6. The van der Waals surface area contributed by atoms with Crippen LogP contribution in [-0.4, -0.2) is 47.3 Å². The Kier molecular flexibility index (Phi) is 5.90. The SMILES string of the molecule is Cc1ccsc1C=CC(=O)N(CCO)CCO. The van der Waals surface area contributed by atoms with Gasteiger partial charge in [0.05, 0.1) is 13.2 Å². The number of amides is 1. The van der Waals surface area contributed by atoms with Gasteiger partial charge in [0.2, 0.25) is 5.91 Å². The lowest BCUT2D eigenvalue weighted by molar-refractivity contribution is -0.126. The molecule has 5 heteroatoms. The number of rotatable bonds is 6. The molecule has 0 unspecified atom stereocenters. The zero-order chi connectivity index (χ0) is 12.7. The largest absolute Gasteiger partial charge is 0.395 e. The normalized spacial score (nSPS) is 11.0. The molecule has 1 heterocycles. The zero-order valence-corrected chi connectivity index (χ0v) is 10.6. The Morgan fingerprint density at radius 1 is 1.41 bits per heavy atom. The second kappa shape index (κ2) is 7.21. The number of hydrogen-bond donors (Lipinski definition) is 2. The van der Waals surface area contributed by atoms with Gasteiger partial charge in [0.15, 0.2) is 0 Å². The summed E-state index contributed by atoms with van der Waals surface area (Å²) >= 11 is 1.57. The van der Waals surface area contributed by atoms with Crippen molar-refractivity contribution in [3.8, 4) is 0 Å². The smallest absolute Gasteiger partial charge is 0.246 e. The Balaban J connectivity index is 2.63. The van der Waals surface area contributed by atoms with Gasteiger partial charge >= 0.3 is 0 Å². The lowest BCUT2D eigenvalue weighted by Gasteiger charge is -2.18. The summed E-state index contributed by atoms with van der Waals surface area (Å²) in [6.45, 7) is 2.27. The second-order valence-electron chi connectivity index (χ2n) is 3.57. The van der Waals surface area contributed by atoms with Crippen molar-refractivity contribution in [2.24, 2.45) is 0 Å². The molecule has 0 aromatic carbocycles. The number of aryl methyl sites for hydroxylation is 1. The van der Waals surface area contributed by atoms with Gasteiger partial charge in [0.25, 0.3) is 0 Å². The van der Waals surface area contributed by atoms with Crippen LogP contribution in [0.5, 0.6) is 0 Å². The van der Waals surface area contributed by atoms with Gasteiger partial charge in [-0.3, -0.25) is 4.79 Å². The van der Waals surface area contributed by atoms with Gasteiger partial charge in [0, 0.05) is 24.0 Å². The number of hydrogen-bond acceptors (Lipinski definition) is 4. The van der Waals surface area contributed by atoms with Crippen molar-refractivity contribution in [3.63, 3.8) is 0 Å². The highest BCUT2D eigenvalue weighted by Gasteiger charge is 2.08. The van der Waals surface area contributed by atoms with E-state index in [9.17, 15) is 4.79 Å². The first-order valence-electron chi connectivity index (χ1n) is 5.42. The standard InChI is InChI=1S/C12H17NO3S/c1-10-4-9-17-11(10)2-3-12(16)13(5-7-14)6-8-15/h2-4,9,14-15H,5-8H2,1H3. The molecule has 1 rings (SSSR count). The van der Waals surface area contributed by atoms with Crippen LogP contribution >= 0.6 is 11.3 Å². The number of thiophene rings is 1. The van der Waals surface area contributed by atoms with Crippen molar-refractivity contribution in [3.05, 3.63) is 28.0 Å². The Morgan fingerprint density at radius 2 is 2.06 bits per heavy atom. The Hall–Kier alpha value is -1.17. The molecule has 17 heavy (non-hydrogen) atoms. The highest BCUT2D eigenvalue weighted by molar-refractivity contribution is 7.11. The first-order chi connectivity index (χ1) is 8.19. The number of aliphatic hydroxyl groups excluding tert-OH is 2. The van der Waals surface area contributed by atoms with E-state index in [0.717, 1.165) is 10.4 Å². The summed E-state index contributed by atoms with van der Waals surface area (Å²) in [6.07, 6.45) is 3.24. The third-order valence-corrected chi connectivity index (χ3v) is 3.31. The third kappa shape index (κ3) is 4.30. The zero-order valence-electron chi connectivity index (χ0n) is 9.80. The van der Waals surface area contributed by atoms with E-state index in [1.165, 1.54) is 11.0 Å². The number of nitrogens with zero attached hydrogens (tertiary/aromatic N) is 1. The molecule has 0 saturated heterocycles. The molecule has 0 fully saturated rings. The fourth-order valence-electron chi connectivity index (χ4n) is 1.38. The fraction of sp³-hybridized carbons (Fsp3) is 0.417. The van der Waals surface area contributed by atoms with Crippen LogP contribution in [-0.2, 0) is 4.79 Å². The fourth-order valence-corrected chi connectivity index (χ4v) is 2.20. The first-order valence-corrected chi connectivity index (χ1v) is 6.29. The maximum absolute atomic E-state index is 11.8. The van der Waals surface area contributed by atoms with Gasteiger partial charge in [-0.15, -0.1) is 11.3 Å². The molecule has 0 aliphatic rings. The molecule has 0 bridgehead atoms. The van der Waals surface area contributed by atoms with E-state index in [1.807, 2.05) is 18.4 Å². The van der Waals surface area contributed by atoms with E-state index in [0.29, 0.717) is 0 Å². The molecule has 2 N–H and O–H groups in total. The van der Waals surface area contributed by atoms with Crippen LogP contribution in [0.3, 0.4) is 0 Å². The Bertz CT molecular complexity index is 381. The lowest BCUT2D eigenvalue weighted by Crippen LogP contribution is -2.34. The van der Waals surface area contributed by atoms with Crippen molar-refractivity contribution in [2.45, 2.75) is 6.92 Å². The van der Waals surface area contributed by atoms with E-state index >= 15 is 0 Å². The van der Waals surface area contributed by atoms with Crippen LogP contribution in [0, 0.1) is 6.92 Å². The van der Waals surface area contributed by atoms with Gasteiger partial charge in [-0.25, -0.2) is 0 Å². The predicted octanol–water partition coefficient (Wildman–Crippen LogP) is 0.883. The maximum Gasteiger partial charge on any atom is 0.246 e. The van der Waals surface area contributed by atoms with Crippen LogP contribution in [0.25, 0.3) is 6.08 Å². The van der Waals surface area contributed by atoms with Gasteiger partial charge in [-0.2, -0.15) is 0 Å². The van der Waals surface area contributed by atoms with E-state index in [1.54, 1.807) is 17.4 Å². The van der Waals surface area contributed by atoms with E-state index in [-0.39, 0.29) is 32.2 Å². The molecule has 4 nitrogen and oxygen atoms in total. The second-order valence-corrected chi connectivity index (χ2v) is 4.52. The minimum absolute atomic E-state index is 0.0996. The van der Waals surface area contributed by atoms with Crippen molar-refractivity contribution < 1.29 is 15.0 Å². The molecule has 1 aromatic rings. The Labute approximate surface area is 105 Å². The van der Waals surface area contributed by atoms with Crippen molar-refractivity contribution >= 4 is 23.3 Å². The van der Waals surface area contributed by atoms with E-state index < -0.39 is 0 Å². The molecule has 0 aliphatic carbocycles. The summed E-state index contributed by atoms with van der Waals surface area (Å²) in [5.74, 6) is -0.194. The minimum atomic E-state index is -0.194. The summed E-state index contributed by atoms with van der Waals surface area (Å²) in [6, 6.07) is 1.99. The van der Waals surface area contributed by atoms with Crippen molar-refractivity contribution in [1.29, 1.82) is 0 Å². The molecule has 0 spiro atoms. The van der Waals surface area contributed by atoms with Crippen LogP contribution in [0.2, 0.25) is 0 Å². The molecule has 0 saturated carbocycles. The number of aliphatic hydroxyl groups is 2. The third-order valence-electron chi connectivity index (χ3n) is 2.33. The number of carbonyl (C=O) groups excluding carboxylic acids is 1. The molecule has 0 radical (unpaired) electrons. The van der Waals surface area contributed by atoms with Crippen molar-refractivity contribution in [1.82, 2.24) is 4.90 Å². The summed E-state index contributed by atoms with van der Waals surface area (Å²) in [7, 11) is 0. The van der Waals surface area contributed by atoms with Crippen LogP contribution in [0.15, 0.2) is 17.5 Å². The highest BCUT2D eigenvalue weighted by Crippen LogP contribution is 2.17. The number of carbonyl (C=O) groups is 1. The maximum atomic E-state index is 11.8.